The molecule has 0 saturated carbocycles. The predicted molar refractivity (Wildman–Crippen MR) is 130 cm³/mol. The van der Waals surface area contributed by atoms with Crippen LogP contribution in [0.25, 0.3) is 6.08 Å². The summed E-state index contributed by atoms with van der Waals surface area (Å²) < 4.78 is 10.7. The molecule has 1 heterocycles. The van der Waals surface area contributed by atoms with Crippen LogP contribution < -0.4 is 9.47 Å². The summed E-state index contributed by atoms with van der Waals surface area (Å²) >= 11 is 0. The highest BCUT2D eigenvalue weighted by atomic mass is 16.5. The lowest BCUT2D eigenvalue weighted by Gasteiger charge is -2.33. The monoisotopic (exact) mass is 436 g/mol. The second-order valence-corrected chi connectivity index (χ2v) is 8.65. The topological polar surface area (TPSA) is 42.0 Å². The normalized spacial score (nSPS) is 15.4. The Morgan fingerprint density at radius 1 is 1.06 bits per heavy atom. The van der Waals surface area contributed by atoms with E-state index in [2.05, 4.69) is 42.2 Å². The Bertz CT molecular complexity index is 902. The average Bonchev–Trinajstić information content (AvgIpc) is 2.82. The standard InChI is InChI=1S/C27H36N2O3/c1-21(18-22-8-6-5-7-9-22)20-29-16-13-24(14-17-29)27(30)28(2)15-12-23-10-11-25(31-3)26(19-23)32-4/h5-11,18-19,24H,12-17,20H2,1-4H3. The minimum Gasteiger partial charge on any atom is -0.493 e. The lowest BCUT2D eigenvalue weighted by atomic mass is 9.95. The van der Waals surface area contributed by atoms with E-state index in [0.29, 0.717) is 6.54 Å². The molecule has 1 fully saturated rings. The van der Waals surface area contributed by atoms with E-state index < -0.39 is 0 Å². The first kappa shape index (κ1) is 23.9. The van der Waals surface area contributed by atoms with E-state index in [4.69, 9.17) is 9.47 Å². The fraction of sp³-hybridized carbons (Fsp3) is 0.444. The Hall–Kier alpha value is -2.79. The van der Waals surface area contributed by atoms with Crippen molar-refractivity contribution in [2.75, 3.05) is 47.4 Å². The fourth-order valence-corrected chi connectivity index (χ4v) is 4.32. The van der Waals surface area contributed by atoms with E-state index in [9.17, 15) is 4.79 Å². The van der Waals surface area contributed by atoms with Gasteiger partial charge in [0.25, 0.3) is 0 Å². The molecule has 1 amide bonds. The second-order valence-electron chi connectivity index (χ2n) is 8.65. The lowest BCUT2D eigenvalue weighted by molar-refractivity contribution is -0.135. The van der Waals surface area contributed by atoms with Crippen LogP contribution >= 0.6 is 0 Å². The van der Waals surface area contributed by atoms with Gasteiger partial charge in [-0.2, -0.15) is 0 Å². The molecule has 1 aliphatic rings. The third kappa shape index (κ3) is 6.60. The van der Waals surface area contributed by atoms with E-state index >= 15 is 0 Å². The number of nitrogens with zero attached hydrogens (tertiary/aromatic N) is 2. The van der Waals surface area contributed by atoms with Crippen LogP contribution in [-0.2, 0) is 11.2 Å². The molecule has 5 heteroatoms. The number of rotatable bonds is 9. The number of likely N-dealkylation sites (tertiary alicyclic amines) is 1. The van der Waals surface area contributed by atoms with E-state index in [1.807, 2.05) is 36.2 Å². The summed E-state index contributed by atoms with van der Waals surface area (Å²) in [6.45, 7) is 5.80. The van der Waals surface area contributed by atoms with Crippen molar-refractivity contribution in [3.8, 4) is 11.5 Å². The number of piperidine rings is 1. The number of carbonyl (C=O) groups excluding carboxylic acids is 1. The van der Waals surface area contributed by atoms with E-state index in [1.165, 1.54) is 11.1 Å². The molecule has 172 valence electrons. The largest absolute Gasteiger partial charge is 0.493 e. The molecule has 32 heavy (non-hydrogen) atoms. The highest BCUT2D eigenvalue weighted by molar-refractivity contribution is 5.78. The summed E-state index contributed by atoms with van der Waals surface area (Å²) in [5, 5.41) is 0. The summed E-state index contributed by atoms with van der Waals surface area (Å²) in [5.41, 5.74) is 3.73. The average molecular weight is 437 g/mol. The summed E-state index contributed by atoms with van der Waals surface area (Å²) in [6.07, 6.45) is 4.90. The molecule has 0 aliphatic carbocycles. The summed E-state index contributed by atoms with van der Waals surface area (Å²) in [7, 11) is 5.20. The number of hydrogen-bond acceptors (Lipinski definition) is 4. The van der Waals surface area contributed by atoms with Crippen LogP contribution in [0.5, 0.6) is 11.5 Å². The molecule has 2 aromatic rings. The van der Waals surface area contributed by atoms with Crippen molar-refractivity contribution in [1.29, 1.82) is 0 Å². The second kappa shape index (κ2) is 11.7. The molecular weight excluding hydrogens is 400 g/mol. The zero-order valence-corrected chi connectivity index (χ0v) is 19.8. The molecule has 5 nitrogen and oxygen atoms in total. The van der Waals surface area contributed by atoms with Crippen LogP contribution in [0, 0.1) is 5.92 Å². The lowest BCUT2D eigenvalue weighted by Crippen LogP contribution is -2.42. The third-order valence-electron chi connectivity index (χ3n) is 6.18. The van der Waals surface area contributed by atoms with E-state index in [-0.39, 0.29) is 11.8 Å². The molecule has 3 rings (SSSR count). The first-order chi connectivity index (χ1) is 15.5. The maximum atomic E-state index is 13.0. The minimum atomic E-state index is 0.125. The van der Waals surface area contributed by atoms with Crippen LogP contribution in [0.2, 0.25) is 0 Å². The van der Waals surface area contributed by atoms with Gasteiger partial charge in [-0.25, -0.2) is 0 Å². The van der Waals surface area contributed by atoms with E-state index in [0.717, 1.165) is 56.0 Å². The molecule has 0 N–H and O–H groups in total. The zero-order chi connectivity index (χ0) is 22.9. The van der Waals surface area contributed by atoms with Gasteiger partial charge in [0.05, 0.1) is 14.2 Å². The van der Waals surface area contributed by atoms with Crippen molar-refractivity contribution in [3.63, 3.8) is 0 Å². The van der Waals surface area contributed by atoms with Gasteiger partial charge in [-0.15, -0.1) is 0 Å². The smallest absolute Gasteiger partial charge is 0.225 e. The van der Waals surface area contributed by atoms with Crippen molar-refractivity contribution in [1.82, 2.24) is 9.80 Å². The van der Waals surface area contributed by atoms with Crippen molar-refractivity contribution in [2.45, 2.75) is 26.2 Å². The summed E-state index contributed by atoms with van der Waals surface area (Å²) in [6, 6.07) is 16.4. The maximum Gasteiger partial charge on any atom is 0.225 e. The molecule has 2 aromatic carbocycles. The fourth-order valence-electron chi connectivity index (χ4n) is 4.32. The predicted octanol–water partition coefficient (Wildman–Crippen LogP) is 4.52. The molecule has 1 aliphatic heterocycles. The number of hydrogen-bond donors (Lipinski definition) is 0. The van der Waals surface area contributed by atoms with Crippen molar-refractivity contribution >= 4 is 12.0 Å². The Labute approximate surface area is 192 Å². The number of carbonyl (C=O) groups is 1. The van der Waals surface area contributed by atoms with Crippen LogP contribution in [0.1, 0.15) is 30.9 Å². The minimum absolute atomic E-state index is 0.125. The number of amides is 1. The van der Waals surface area contributed by atoms with Crippen molar-refractivity contribution < 1.29 is 14.3 Å². The van der Waals surface area contributed by atoms with Gasteiger partial charge < -0.3 is 14.4 Å². The molecule has 0 radical (unpaired) electrons. The molecule has 0 unspecified atom stereocenters. The highest BCUT2D eigenvalue weighted by Gasteiger charge is 2.27. The van der Waals surface area contributed by atoms with Crippen LogP contribution in [-0.4, -0.2) is 63.2 Å². The summed E-state index contributed by atoms with van der Waals surface area (Å²) in [5.74, 6) is 1.84. The Kier molecular flexibility index (Phi) is 8.74. The van der Waals surface area contributed by atoms with Gasteiger partial charge in [-0.1, -0.05) is 48.0 Å². The Balaban J connectivity index is 1.45. The quantitative estimate of drug-likeness (QED) is 0.580. The van der Waals surface area contributed by atoms with Crippen LogP contribution in [0.15, 0.2) is 54.1 Å². The molecule has 1 saturated heterocycles. The zero-order valence-electron chi connectivity index (χ0n) is 19.8. The van der Waals surface area contributed by atoms with Gasteiger partial charge in [0, 0.05) is 26.1 Å². The number of benzene rings is 2. The van der Waals surface area contributed by atoms with Gasteiger partial charge in [-0.3, -0.25) is 9.69 Å². The Morgan fingerprint density at radius 2 is 1.75 bits per heavy atom. The van der Waals surface area contributed by atoms with Gasteiger partial charge in [-0.05, 0) is 62.5 Å². The number of likely N-dealkylation sites (N-methyl/N-ethyl adjacent to an activating group) is 1. The van der Waals surface area contributed by atoms with Crippen LogP contribution in [0.3, 0.4) is 0 Å². The molecule has 0 atom stereocenters. The molecule has 0 aromatic heterocycles. The highest BCUT2D eigenvalue weighted by Crippen LogP contribution is 2.28. The third-order valence-corrected chi connectivity index (χ3v) is 6.18. The van der Waals surface area contributed by atoms with E-state index in [1.54, 1.807) is 14.2 Å². The first-order valence-electron chi connectivity index (χ1n) is 11.4. The van der Waals surface area contributed by atoms with Gasteiger partial charge in [0.2, 0.25) is 5.91 Å². The molecule has 0 bridgehead atoms. The summed E-state index contributed by atoms with van der Waals surface area (Å²) in [4.78, 5) is 17.3. The first-order valence-corrected chi connectivity index (χ1v) is 11.4. The molecular formula is C27H36N2O3. The van der Waals surface area contributed by atoms with Crippen molar-refractivity contribution in [2.24, 2.45) is 5.92 Å². The van der Waals surface area contributed by atoms with Gasteiger partial charge >= 0.3 is 0 Å². The number of ether oxygens (including phenoxy) is 2. The number of methoxy groups -OCH3 is 2. The van der Waals surface area contributed by atoms with Gasteiger partial charge in [0.1, 0.15) is 0 Å². The molecule has 0 spiro atoms. The van der Waals surface area contributed by atoms with Crippen LogP contribution in [0.4, 0.5) is 0 Å². The SMILES string of the molecule is COc1ccc(CCN(C)C(=O)C2CCN(CC(C)=Cc3ccccc3)CC2)cc1OC. The maximum absolute atomic E-state index is 13.0. The van der Waals surface area contributed by atoms with Crippen molar-refractivity contribution in [3.05, 3.63) is 65.2 Å². The Morgan fingerprint density at radius 3 is 2.41 bits per heavy atom. The van der Waals surface area contributed by atoms with Gasteiger partial charge in [0.15, 0.2) is 11.5 Å².